The predicted octanol–water partition coefficient (Wildman–Crippen LogP) is 1.43. The van der Waals surface area contributed by atoms with E-state index in [-0.39, 0.29) is 16.8 Å². The summed E-state index contributed by atoms with van der Waals surface area (Å²) in [4.78, 5) is 48.9. The van der Waals surface area contributed by atoms with Crippen LogP contribution in [-0.2, 0) is 27.3 Å². The lowest BCUT2D eigenvalue weighted by atomic mass is 9.88. The van der Waals surface area contributed by atoms with Gasteiger partial charge in [0, 0.05) is 0 Å². The van der Waals surface area contributed by atoms with Crippen molar-refractivity contribution in [1.29, 1.82) is 0 Å². The summed E-state index contributed by atoms with van der Waals surface area (Å²) in [5, 5.41) is 5.72. The number of amides is 1. The molecule has 154 valence electrons. The lowest BCUT2D eigenvalue weighted by Crippen LogP contribution is -2.36. The molecule has 2 N–H and O–H groups in total. The maximum absolute atomic E-state index is 12.4. The van der Waals surface area contributed by atoms with Gasteiger partial charge in [0.1, 0.15) is 6.54 Å². The summed E-state index contributed by atoms with van der Waals surface area (Å²) in [5.74, 6) is -1.20. The Morgan fingerprint density at radius 2 is 1.80 bits per heavy atom. The SMILES string of the molecule is O=C(COC(=O)Cn1[nH]c(=O)c2ccccc2c1=O)N[C@H]1CCCc2ccccc21. The van der Waals surface area contributed by atoms with E-state index in [2.05, 4.69) is 16.5 Å². The number of carbonyl (C=O) groups excluding carboxylic acids is 2. The van der Waals surface area contributed by atoms with Gasteiger partial charge in [-0.2, -0.15) is 0 Å². The second-order valence-electron chi connectivity index (χ2n) is 7.25. The first kappa shape index (κ1) is 19.6. The lowest BCUT2D eigenvalue weighted by molar-refractivity contribution is -0.149. The number of aromatic nitrogens is 2. The Balaban J connectivity index is 1.37. The highest BCUT2D eigenvalue weighted by Gasteiger charge is 2.22. The van der Waals surface area contributed by atoms with Crippen molar-refractivity contribution in [2.24, 2.45) is 0 Å². The van der Waals surface area contributed by atoms with Gasteiger partial charge in [-0.05, 0) is 42.5 Å². The van der Waals surface area contributed by atoms with Crippen LogP contribution in [0.15, 0.2) is 58.1 Å². The normalized spacial score (nSPS) is 15.4. The third kappa shape index (κ3) is 4.03. The number of rotatable bonds is 5. The molecule has 8 nitrogen and oxygen atoms in total. The third-order valence-corrected chi connectivity index (χ3v) is 5.24. The van der Waals surface area contributed by atoms with Crippen LogP contribution in [0.1, 0.15) is 30.0 Å². The average Bonchev–Trinajstić information content (AvgIpc) is 2.76. The average molecular weight is 407 g/mol. The number of hydrogen-bond acceptors (Lipinski definition) is 5. The molecule has 1 atom stereocenters. The summed E-state index contributed by atoms with van der Waals surface area (Å²) in [6.45, 7) is -0.942. The van der Waals surface area contributed by atoms with Gasteiger partial charge in [0.2, 0.25) is 0 Å². The van der Waals surface area contributed by atoms with E-state index in [9.17, 15) is 19.2 Å². The fourth-order valence-electron chi connectivity index (χ4n) is 3.82. The van der Waals surface area contributed by atoms with Crippen LogP contribution >= 0.6 is 0 Å². The Morgan fingerprint density at radius 1 is 1.07 bits per heavy atom. The van der Waals surface area contributed by atoms with Gasteiger partial charge in [-0.15, -0.1) is 0 Å². The minimum Gasteiger partial charge on any atom is -0.454 e. The predicted molar refractivity (Wildman–Crippen MR) is 110 cm³/mol. The standard InChI is InChI=1S/C22H21N3O5/c26-19(23-18-11-5-7-14-6-1-2-8-15(14)18)13-30-20(27)12-25-22(29)17-10-4-3-9-16(17)21(28)24-25/h1-4,6,8-10,18H,5,7,11-13H2,(H,23,26)(H,24,28)/t18-/m0/s1. The van der Waals surface area contributed by atoms with Gasteiger partial charge in [-0.3, -0.25) is 24.3 Å². The quantitative estimate of drug-likeness (QED) is 0.622. The first-order valence-electron chi connectivity index (χ1n) is 9.77. The Hall–Kier alpha value is -3.68. The number of esters is 1. The van der Waals surface area contributed by atoms with E-state index < -0.39 is 36.1 Å². The zero-order valence-corrected chi connectivity index (χ0v) is 16.2. The Bertz CT molecular complexity index is 1230. The highest BCUT2D eigenvalue weighted by Crippen LogP contribution is 2.29. The van der Waals surface area contributed by atoms with Crippen LogP contribution in [0.3, 0.4) is 0 Å². The van der Waals surface area contributed by atoms with Crippen LogP contribution < -0.4 is 16.4 Å². The van der Waals surface area contributed by atoms with Gasteiger partial charge in [-0.25, -0.2) is 4.68 Å². The molecule has 2 aromatic carbocycles. The molecule has 1 amide bonds. The number of ether oxygens (including phenoxy) is 1. The highest BCUT2D eigenvalue weighted by molar-refractivity contribution is 5.82. The summed E-state index contributed by atoms with van der Waals surface area (Å²) >= 11 is 0. The monoisotopic (exact) mass is 407 g/mol. The number of benzene rings is 2. The fraction of sp³-hybridized carbons (Fsp3) is 0.273. The maximum Gasteiger partial charge on any atom is 0.328 e. The summed E-state index contributed by atoms with van der Waals surface area (Å²) in [6.07, 6.45) is 2.78. The zero-order valence-electron chi connectivity index (χ0n) is 16.2. The number of nitrogens with one attached hydrogen (secondary N) is 2. The molecular formula is C22H21N3O5. The molecule has 4 rings (SSSR count). The topological polar surface area (TPSA) is 110 Å². The smallest absolute Gasteiger partial charge is 0.328 e. The molecule has 0 saturated heterocycles. The van der Waals surface area contributed by atoms with Crippen LogP contribution in [-0.4, -0.2) is 28.3 Å². The number of aryl methyl sites for hydroxylation is 1. The second-order valence-corrected chi connectivity index (χ2v) is 7.25. The van der Waals surface area contributed by atoms with Gasteiger partial charge in [0.05, 0.1) is 16.8 Å². The number of nitrogens with zero attached hydrogens (tertiary/aromatic N) is 1. The Kier molecular flexibility index (Phi) is 5.47. The molecule has 1 aliphatic rings. The van der Waals surface area contributed by atoms with E-state index in [1.165, 1.54) is 17.7 Å². The molecule has 1 heterocycles. The lowest BCUT2D eigenvalue weighted by Gasteiger charge is -2.26. The van der Waals surface area contributed by atoms with Gasteiger partial charge >= 0.3 is 5.97 Å². The number of hydrogen-bond donors (Lipinski definition) is 2. The molecule has 0 saturated carbocycles. The number of fused-ring (bicyclic) bond motifs is 2. The molecule has 1 aromatic heterocycles. The molecule has 30 heavy (non-hydrogen) atoms. The Morgan fingerprint density at radius 3 is 2.63 bits per heavy atom. The molecule has 1 aliphatic carbocycles. The summed E-state index contributed by atoms with van der Waals surface area (Å²) < 4.78 is 5.90. The molecule has 0 aliphatic heterocycles. The van der Waals surface area contributed by atoms with Crippen molar-refractivity contribution in [3.8, 4) is 0 Å². The molecule has 8 heteroatoms. The van der Waals surface area contributed by atoms with Crippen LogP contribution in [0.5, 0.6) is 0 Å². The van der Waals surface area contributed by atoms with Gasteiger partial charge in [0.25, 0.3) is 17.0 Å². The van der Waals surface area contributed by atoms with Crippen molar-refractivity contribution in [3.05, 3.63) is 80.4 Å². The first-order valence-corrected chi connectivity index (χ1v) is 9.77. The molecule has 0 fully saturated rings. The summed E-state index contributed by atoms with van der Waals surface area (Å²) in [6, 6.07) is 14.2. The Labute approximate surface area is 171 Å². The van der Waals surface area contributed by atoms with Crippen molar-refractivity contribution in [2.45, 2.75) is 31.8 Å². The number of H-pyrrole nitrogens is 1. The van der Waals surface area contributed by atoms with Crippen LogP contribution in [0.25, 0.3) is 10.8 Å². The summed E-state index contributed by atoms with van der Waals surface area (Å²) in [7, 11) is 0. The molecule has 3 aromatic rings. The van der Waals surface area contributed by atoms with Crippen molar-refractivity contribution in [1.82, 2.24) is 15.1 Å². The number of aromatic amines is 1. The van der Waals surface area contributed by atoms with Crippen LogP contribution in [0.2, 0.25) is 0 Å². The van der Waals surface area contributed by atoms with Gasteiger partial charge < -0.3 is 10.1 Å². The van der Waals surface area contributed by atoms with Crippen LogP contribution in [0, 0.1) is 0 Å². The largest absolute Gasteiger partial charge is 0.454 e. The molecule has 0 bridgehead atoms. The van der Waals surface area contributed by atoms with Gasteiger partial charge in [-0.1, -0.05) is 36.4 Å². The van der Waals surface area contributed by atoms with Crippen molar-refractivity contribution >= 4 is 22.6 Å². The van der Waals surface area contributed by atoms with Crippen molar-refractivity contribution in [3.63, 3.8) is 0 Å². The van der Waals surface area contributed by atoms with Gasteiger partial charge in [0.15, 0.2) is 6.61 Å². The maximum atomic E-state index is 12.4. The highest BCUT2D eigenvalue weighted by atomic mass is 16.5. The first-order chi connectivity index (χ1) is 14.5. The zero-order chi connectivity index (χ0) is 21.1. The fourth-order valence-corrected chi connectivity index (χ4v) is 3.82. The van der Waals surface area contributed by atoms with E-state index >= 15 is 0 Å². The van der Waals surface area contributed by atoms with E-state index in [1.54, 1.807) is 12.1 Å². The minimum atomic E-state index is -0.790. The van der Waals surface area contributed by atoms with E-state index in [4.69, 9.17) is 4.74 Å². The molecule has 0 unspecified atom stereocenters. The van der Waals surface area contributed by atoms with E-state index in [0.717, 1.165) is 29.5 Å². The second kappa shape index (κ2) is 8.36. The minimum absolute atomic E-state index is 0.111. The van der Waals surface area contributed by atoms with E-state index in [1.807, 2.05) is 18.2 Å². The third-order valence-electron chi connectivity index (χ3n) is 5.24. The van der Waals surface area contributed by atoms with Crippen LogP contribution in [0.4, 0.5) is 0 Å². The molecule has 0 spiro atoms. The molecule has 0 radical (unpaired) electrons. The van der Waals surface area contributed by atoms with Crippen molar-refractivity contribution in [2.75, 3.05) is 6.61 Å². The van der Waals surface area contributed by atoms with Crippen molar-refractivity contribution < 1.29 is 14.3 Å². The molecular weight excluding hydrogens is 386 g/mol. The van der Waals surface area contributed by atoms with E-state index in [0.29, 0.717) is 0 Å². The summed E-state index contributed by atoms with van der Waals surface area (Å²) in [5.41, 5.74) is 1.31. The number of carbonyl (C=O) groups is 2.